The highest BCUT2D eigenvalue weighted by Crippen LogP contribution is 2.31. The van der Waals surface area contributed by atoms with Crippen molar-refractivity contribution >= 4 is 50.6 Å². The van der Waals surface area contributed by atoms with E-state index in [0.29, 0.717) is 28.2 Å². The molecule has 132 valence electrons. The van der Waals surface area contributed by atoms with Crippen LogP contribution in [0.1, 0.15) is 17.4 Å². The summed E-state index contributed by atoms with van der Waals surface area (Å²) in [6.45, 7) is 2.71. The highest BCUT2D eigenvalue weighted by atomic mass is 35.5. The Balaban J connectivity index is 1.71. The first-order valence-electron chi connectivity index (χ1n) is 8.12. The van der Waals surface area contributed by atoms with Crippen molar-refractivity contribution in [2.75, 3.05) is 5.32 Å². The molecule has 5 nitrogen and oxygen atoms in total. The Kier molecular flexibility index (Phi) is 4.80. The molecule has 0 bridgehead atoms. The fourth-order valence-electron chi connectivity index (χ4n) is 2.61. The molecule has 0 unspecified atom stereocenters. The number of halogens is 2. The van der Waals surface area contributed by atoms with E-state index in [2.05, 4.69) is 38.2 Å². The maximum absolute atomic E-state index is 6.11. The van der Waals surface area contributed by atoms with E-state index in [0.717, 1.165) is 28.0 Å². The monoisotopic (exact) mass is 403 g/mol. The summed E-state index contributed by atoms with van der Waals surface area (Å²) in [4.78, 5) is 18.9. The van der Waals surface area contributed by atoms with Crippen molar-refractivity contribution in [3.63, 3.8) is 0 Å². The third-order valence-corrected chi connectivity index (χ3v) is 5.86. The lowest BCUT2D eigenvalue weighted by molar-refractivity contribution is 1.09. The predicted molar refractivity (Wildman–Crippen MR) is 108 cm³/mol. The van der Waals surface area contributed by atoms with Crippen LogP contribution in [0.25, 0.3) is 21.9 Å². The van der Waals surface area contributed by atoms with E-state index in [9.17, 15) is 0 Å². The quantitative estimate of drug-likeness (QED) is 0.457. The first-order chi connectivity index (χ1) is 12.6. The van der Waals surface area contributed by atoms with Crippen molar-refractivity contribution in [3.05, 3.63) is 57.1 Å². The van der Waals surface area contributed by atoms with Crippen molar-refractivity contribution in [2.24, 2.45) is 0 Å². The zero-order valence-electron chi connectivity index (χ0n) is 13.9. The standard InChI is InChI=1S/C18H15Cl2N5S/c1-2-11-8-12-15(23-9-10-3-4-13(19)14(20)7-10)24-17(25-18(12)26-11)16-21-5-6-22-16/h3-8H,2,9H2,1H3,(H,21,22)(H,23,24,25). The lowest BCUT2D eigenvalue weighted by Gasteiger charge is -2.09. The molecule has 4 aromatic rings. The Morgan fingerprint density at radius 3 is 2.77 bits per heavy atom. The summed E-state index contributed by atoms with van der Waals surface area (Å²) >= 11 is 13.8. The van der Waals surface area contributed by atoms with Gasteiger partial charge in [-0.05, 0) is 30.2 Å². The largest absolute Gasteiger partial charge is 0.365 e. The van der Waals surface area contributed by atoms with E-state index in [1.807, 2.05) is 12.1 Å². The molecular weight excluding hydrogens is 389 g/mol. The highest BCUT2D eigenvalue weighted by molar-refractivity contribution is 7.18. The Morgan fingerprint density at radius 1 is 1.15 bits per heavy atom. The Hall–Kier alpha value is -2.15. The molecular formula is C18H15Cl2N5S. The smallest absolute Gasteiger partial charge is 0.199 e. The number of fused-ring (bicyclic) bond motifs is 1. The summed E-state index contributed by atoms with van der Waals surface area (Å²) in [5, 5.41) is 5.51. The lowest BCUT2D eigenvalue weighted by atomic mass is 10.2. The second kappa shape index (κ2) is 7.23. The number of rotatable bonds is 5. The van der Waals surface area contributed by atoms with Crippen LogP contribution in [-0.2, 0) is 13.0 Å². The molecule has 0 saturated carbocycles. The van der Waals surface area contributed by atoms with Gasteiger partial charge in [0.2, 0.25) is 0 Å². The van der Waals surface area contributed by atoms with E-state index >= 15 is 0 Å². The number of H-pyrrole nitrogens is 1. The molecule has 0 radical (unpaired) electrons. The average molecular weight is 404 g/mol. The number of hydrogen-bond donors (Lipinski definition) is 2. The number of aromatic nitrogens is 4. The minimum atomic E-state index is 0.541. The van der Waals surface area contributed by atoms with E-state index in [4.69, 9.17) is 23.2 Å². The molecule has 3 heterocycles. The molecule has 0 fully saturated rings. The topological polar surface area (TPSA) is 66.5 Å². The maximum atomic E-state index is 6.11. The predicted octanol–water partition coefficient (Wildman–Crippen LogP) is 5.56. The summed E-state index contributed by atoms with van der Waals surface area (Å²) in [7, 11) is 0. The highest BCUT2D eigenvalue weighted by Gasteiger charge is 2.14. The molecule has 0 spiro atoms. The number of hydrogen-bond acceptors (Lipinski definition) is 5. The van der Waals surface area contributed by atoms with E-state index in [1.165, 1.54) is 4.88 Å². The van der Waals surface area contributed by atoms with Gasteiger partial charge in [-0.1, -0.05) is 36.2 Å². The van der Waals surface area contributed by atoms with Gasteiger partial charge in [0, 0.05) is 23.8 Å². The van der Waals surface area contributed by atoms with Crippen LogP contribution in [0, 0.1) is 0 Å². The van der Waals surface area contributed by atoms with Gasteiger partial charge in [-0.2, -0.15) is 0 Å². The van der Waals surface area contributed by atoms with Crippen molar-refractivity contribution in [3.8, 4) is 11.6 Å². The van der Waals surface area contributed by atoms with Crippen molar-refractivity contribution in [1.82, 2.24) is 19.9 Å². The molecule has 0 aliphatic rings. The summed E-state index contributed by atoms with van der Waals surface area (Å²) in [6, 6.07) is 7.74. The van der Waals surface area contributed by atoms with Crippen molar-refractivity contribution in [2.45, 2.75) is 19.9 Å². The molecule has 8 heteroatoms. The van der Waals surface area contributed by atoms with Crippen LogP contribution < -0.4 is 5.32 Å². The molecule has 4 rings (SSSR count). The van der Waals surface area contributed by atoms with Crippen molar-refractivity contribution in [1.29, 1.82) is 0 Å². The second-order valence-corrected chi connectivity index (χ2v) is 7.65. The van der Waals surface area contributed by atoms with Gasteiger partial charge in [-0.25, -0.2) is 15.0 Å². The molecule has 2 N–H and O–H groups in total. The molecule has 0 amide bonds. The molecule has 0 atom stereocenters. The van der Waals surface area contributed by atoms with E-state index in [-0.39, 0.29) is 0 Å². The summed E-state index contributed by atoms with van der Waals surface area (Å²) in [5.74, 6) is 2.00. The molecule has 0 saturated heterocycles. The van der Waals surface area contributed by atoms with E-state index in [1.54, 1.807) is 29.8 Å². The number of thiophene rings is 1. The second-order valence-electron chi connectivity index (χ2n) is 5.72. The van der Waals surface area contributed by atoms with Crippen LogP contribution in [0.2, 0.25) is 10.0 Å². The van der Waals surface area contributed by atoms with Crippen LogP contribution in [0.15, 0.2) is 36.7 Å². The summed E-state index contributed by atoms with van der Waals surface area (Å²) in [5.41, 5.74) is 1.02. The Labute approximate surface area is 164 Å². The third-order valence-electron chi connectivity index (χ3n) is 3.95. The first-order valence-corrected chi connectivity index (χ1v) is 9.69. The molecule has 0 aliphatic carbocycles. The third kappa shape index (κ3) is 3.40. The van der Waals surface area contributed by atoms with Gasteiger partial charge in [-0.3, -0.25) is 0 Å². The number of nitrogens with one attached hydrogen (secondary N) is 2. The van der Waals surface area contributed by atoms with E-state index < -0.39 is 0 Å². The molecule has 0 aliphatic heterocycles. The zero-order chi connectivity index (χ0) is 18.1. The van der Waals surface area contributed by atoms with Gasteiger partial charge in [0.25, 0.3) is 0 Å². The number of aryl methyl sites for hydroxylation is 1. The first kappa shape index (κ1) is 17.3. The summed E-state index contributed by atoms with van der Waals surface area (Å²) < 4.78 is 0. The lowest BCUT2D eigenvalue weighted by Crippen LogP contribution is -2.04. The Bertz CT molecular complexity index is 1060. The summed E-state index contributed by atoms with van der Waals surface area (Å²) in [6.07, 6.45) is 4.42. The van der Waals surface area contributed by atoms with Crippen LogP contribution in [0.5, 0.6) is 0 Å². The zero-order valence-corrected chi connectivity index (χ0v) is 16.2. The number of anilines is 1. The number of aromatic amines is 1. The van der Waals surface area contributed by atoms with Crippen LogP contribution >= 0.6 is 34.5 Å². The van der Waals surface area contributed by atoms with Crippen LogP contribution in [0.3, 0.4) is 0 Å². The number of imidazole rings is 1. The SMILES string of the molecule is CCc1cc2c(NCc3ccc(Cl)c(Cl)c3)nc(-c3ncc[nH]3)nc2s1. The van der Waals surface area contributed by atoms with Gasteiger partial charge in [0.05, 0.1) is 15.4 Å². The van der Waals surface area contributed by atoms with Crippen LogP contribution in [-0.4, -0.2) is 19.9 Å². The fourth-order valence-corrected chi connectivity index (χ4v) is 3.90. The van der Waals surface area contributed by atoms with Crippen LogP contribution in [0.4, 0.5) is 5.82 Å². The molecule has 26 heavy (non-hydrogen) atoms. The minimum Gasteiger partial charge on any atom is -0.365 e. The number of benzene rings is 1. The fraction of sp³-hybridized carbons (Fsp3) is 0.167. The van der Waals surface area contributed by atoms with Crippen molar-refractivity contribution < 1.29 is 0 Å². The van der Waals surface area contributed by atoms with Gasteiger partial charge in [-0.15, -0.1) is 11.3 Å². The molecule has 1 aromatic carbocycles. The normalized spacial score (nSPS) is 11.2. The van der Waals surface area contributed by atoms with Gasteiger partial charge in [0.1, 0.15) is 10.6 Å². The Morgan fingerprint density at radius 2 is 2.04 bits per heavy atom. The molecule has 3 aromatic heterocycles. The average Bonchev–Trinajstić information content (AvgIpc) is 3.31. The van der Waals surface area contributed by atoms with Gasteiger partial charge in [0.15, 0.2) is 11.6 Å². The van der Waals surface area contributed by atoms with Gasteiger partial charge >= 0.3 is 0 Å². The van der Waals surface area contributed by atoms with Gasteiger partial charge < -0.3 is 10.3 Å². The minimum absolute atomic E-state index is 0.541. The number of nitrogens with zero attached hydrogens (tertiary/aromatic N) is 3. The maximum Gasteiger partial charge on any atom is 0.199 e.